The Morgan fingerprint density at radius 3 is 1.82 bits per heavy atom. The van der Waals surface area contributed by atoms with Gasteiger partial charge in [0.2, 0.25) is 5.91 Å². The standard InChI is InChI=1S/C11H21NO.2CH2O/c1-4-10(13)12-9-7-11(5-2,6-3)8-9;2*1-2/h9H,4-8H2,1-3H3,(H,12,13);2*1H2. The maximum absolute atomic E-state index is 11.1. The maximum Gasteiger partial charge on any atom is 0.219 e. The quantitative estimate of drug-likeness (QED) is 0.822. The molecule has 1 rings (SSSR count). The van der Waals surface area contributed by atoms with Gasteiger partial charge in [0.25, 0.3) is 0 Å². The number of rotatable bonds is 4. The fourth-order valence-electron chi connectivity index (χ4n) is 2.24. The molecule has 1 N–H and O–H groups in total. The van der Waals surface area contributed by atoms with Gasteiger partial charge in [-0.15, -0.1) is 0 Å². The molecule has 0 aromatic rings. The zero-order valence-corrected chi connectivity index (χ0v) is 11.3. The molecule has 0 atom stereocenters. The van der Waals surface area contributed by atoms with Gasteiger partial charge < -0.3 is 14.9 Å². The lowest BCUT2D eigenvalue weighted by atomic mass is 9.62. The first-order valence-electron chi connectivity index (χ1n) is 6.03. The highest BCUT2D eigenvalue weighted by Gasteiger charge is 2.41. The summed E-state index contributed by atoms with van der Waals surface area (Å²) >= 11 is 0. The predicted octanol–water partition coefficient (Wildman–Crippen LogP) is 2.11. The molecule has 100 valence electrons. The van der Waals surface area contributed by atoms with Crippen LogP contribution in [-0.4, -0.2) is 25.5 Å². The molecular weight excluding hydrogens is 218 g/mol. The molecule has 0 aromatic carbocycles. The van der Waals surface area contributed by atoms with Crippen molar-refractivity contribution in [1.82, 2.24) is 5.32 Å². The van der Waals surface area contributed by atoms with E-state index in [4.69, 9.17) is 9.59 Å². The highest BCUT2D eigenvalue weighted by Crippen LogP contribution is 2.46. The van der Waals surface area contributed by atoms with E-state index < -0.39 is 0 Å². The topological polar surface area (TPSA) is 63.2 Å². The van der Waals surface area contributed by atoms with E-state index in [1.54, 1.807) is 0 Å². The van der Waals surface area contributed by atoms with Gasteiger partial charge in [0.1, 0.15) is 13.6 Å². The molecule has 1 saturated carbocycles. The van der Waals surface area contributed by atoms with Crippen LogP contribution in [0.5, 0.6) is 0 Å². The van der Waals surface area contributed by atoms with Crippen molar-refractivity contribution in [1.29, 1.82) is 0 Å². The molecule has 0 radical (unpaired) electrons. The minimum Gasteiger partial charge on any atom is -0.353 e. The Hall–Kier alpha value is -1.19. The summed E-state index contributed by atoms with van der Waals surface area (Å²) in [6, 6.07) is 0.465. The molecular formula is C13H25NO3. The molecule has 1 aliphatic carbocycles. The molecule has 1 fully saturated rings. The van der Waals surface area contributed by atoms with E-state index in [1.165, 1.54) is 25.7 Å². The SMILES string of the molecule is C=O.C=O.CCC(=O)NC1CC(CC)(CC)C1. The molecule has 0 aromatic heterocycles. The van der Waals surface area contributed by atoms with Crippen molar-refractivity contribution >= 4 is 19.5 Å². The van der Waals surface area contributed by atoms with Crippen LogP contribution in [-0.2, 0) is 14.4 Å². The summed E-state index contributed by atoms with van der Waals surface area (Å²) in [6.07, 6.45) is 5.49. The van der Waals surface area contributed by atoms with Gasteiger partial charge in [-0.25, -0.2) is 0 Å². The molecule has 4 heteroatoms. The first-order valence-corrected chi connectivity index (χ1v) is 6.03. The fraction of sp³-hybridized carbons (Fsp3) is 0.769. The molecule has 0 bridgehead atoms. The van der Waals surface area contributed by atoms with Crippen LogP contribution in [0.3, 0.4) is 0 Å². The van der Waals surface area contributed by atoms with Crippen LogP contribution in [0.15, 0.2) is 0 Å². The van der Waals surface area contributed by atoms with Crippen molar-refractivity contribution in [2.45, 2.75) is 58.9 Å². The molecule has 0 aliphatic heterocycles. The third-order valence-electron chi connectivity index (χ3n) is 3.55. The summed E-state index contributed by atoms with van der Waals surface area (Å²) in [6.45, 7) is 10.4. The van der Waals surface area contributed by atoms with Gasteiger partial charge in [-0.3, -0.25) is 4.79 Å². The average Bonchev–Trinajstić information content (AvgIpc) is 2.38. The average molecular weight is 243 g/mol. The number of hydrogen-bond acceptors (Lipinski definition) is 3. The second-order valence-corrected chi connectivity index (χ2v) is 4.23. The van der Waals surface area contributed by atoms with E-state index >= 15 is 0 Å². The van der Waals surface area contributed by atoms with Gasteiger partial charge >= 0.3 is 0 Å². The second kappa shape index (κ2) is 10.00. The summed E-state index contributed by atoms with van der Waals surface area (Å²) in [4.78, 5) is 27.1. The minimum absolute atomic E-state index is 0.200. The number of nitrogens with one attached hydrogen (secondary N) is 1. The summed E-state index contributed by atoms with van der Waals surface area (Å²) in [5.74, 6) is 0.200. The lowest BCUT2D eigenvalue weighted by Crippen LogP contribution is -2.50. The monoisotopic (exact) mass is 243 g/mol. The second-order valence-electron chi connectivity index (χ2n) is 4.23. The van der Waals surface area contributed by atoms with E-state index in [0.717, 1.165) is 0 Å². The number of amides is 1. The zero-order valence-electron chi connectivity index (χ0n) is 11.3. The van der Waals surface area contributed by atoms with Crippen molar-refractivity contribution < 1.29 is 14.4 Å². The van der Waals surface area contributed by atoms with E-state index in [9.17, 15) is 4.79 Å². The van der Waals surface area contributed by atoms with Crippen LogP contribution < -0.4 is 5.32 Å². The van der Waals surface area contributed by atoms with Crippen molar-refractivity contribution in [2.75, 3.05) is 0 Å². The Bertz CT molecular complexity index is 205. The molecule has 0 heterocycles. The van der Waals surface area contributed by atoms with Crippen molar-refractivity contribution in [3.8, 4) is 0 Å². The molecule has 1 aliphatic rings. The van der Waals surface area contributed by atoms with Gasteiger partial charge in [-0.2, -0.15) is 0 Å². The third-order valence-corrected chi connectivity index (χ3v) is 3.55. The number of hydrogen-bond donors (Lipinski definition) is 1. The van der Waals surface area contributed by atoms with Crippen molar-refractivity contribution in [3.05, 3.63) is 0 Å². The lowest BCUT2D eigenvalue weighted by molar-refractivity contribution is -0.123. The third kappa shape index (κ3) is 5.61. The highest BCUT2D eigenvalue weighted by molar-refractivity contribution is 5.75. The minimum atomic E-state index is 0.200. The van der Waals surface area contributed by atoms with Crippen molar-refractivity contribution in [3.63, 3.8) is 0 Å². The van der Waals surface area contributed by atoms with Crippen LogP contribution in [0.25, 0.3) is 0 Å². The molecule has 0 saturated heterocycles. The number of carbonyl (C=O) groups is 3. The zero-order chi connectivity index (χ0) is 13.9. The van der Waals surface area contributed by atoms with Gasteiger partial charge in [-0.05, 0) is 18.3 Å². The first-order chi connectivity index (χ1) is 8.15. The smallest absolute Gasteiger partial charge is 0.219 e. The van der Waals surface area contributed by atoms with E-state index in [0.29, 0.717) is 17.9 Å². The summed E-state index contributed by atoms with van der Waals surface area (Å²) in [5, 5.41) is 3.05. The van der Waals surface area contributed by atoms with Gasteiger partial charge in [0, 0.05) is 12.5 Å². The van der Waals surface area contributed by atoms with Gasteiger partial charge in [0.15, 0.2) is 0 Å². The van der Waals surface area contributed by atoms with Crippen LogP contribution in [0.1, 0.15) is 52.9 Å². The Morgan fingerprint density at radius 2 is 1.53 bits per heavy atom. The molecule has 0 unspecified atom stereocenters. The predicted molar refractivity (Wildman–Crippen MR) is 68.7 cm³/mol. The summed E-state index contributed by atoms with van der Waals surface area (Å²) in [7, 11) is 0. The Kier molecular flexibility index (Phi) is 10.7. The van der Waals surface area contributed by atoms with Gasteiger partial charge in [0.05, 0.1) is 0 Å². The molecule has 4 nitrogen and oxygen atoms in total. The van der Waals surface area contributed by atoms with Crippen molar-refractivity contribution in [2.24, 2.45) is 5.41 Å². The Labute approximate surface area is 104 Å². The Balaban J connectivity index is 0. The first kappa shape index (κ1) is 18.2. The van der Waals surface area contributed by atoms with Gasteiger partial charge in [-0.1, -0.05) is 33.6 Å². The van der Waals surface area contributed by atoms with Crippen LogP contribution >= 0.6 is 0 Å². The van der Waals surface area contributed by atoms with Crippen LogP contribution in [0.2, 0.25) is 0 Å². The van der Waals surface area contributed by atoms with Crippen LogP contribution in [0.4, 0.5) is 0 Å². The highest BCUT2D eigenvalue weighted by atomic mass is 16.1. The largest absolute Gasteiger partial charge is 0.353 e. The lowest BCUT2D eigenvalue weighted by Gasteiger charge is -2.47. The van der Waals surface area contributed by atoms with E-state index in [-0.39, 0.29) is 5.91 Å². The van der Waals surface area contributed by atoms with E-state index in [1.807, 2.05) is 20.5 Å². The molecule has 0 spiro atoms. The normalized spacial score (nSPS) is 16.4. The summed E-state index contributed by atoms with van der Waals surface area (Å²) in [5.41, 5.74) is 0.547. The van der Waals surface area contributed by atoms with Crippen LogP contribution in [0, 0.1) is 5.41 Å². The maximum atomic E-state index is 11.1. The fourth-order valence-corrected chi connectivity index (χ4v) is 2.24. The molecule has 1 amide bonds. The summed E-state index contributed by atoms with van der Waals surface area (Å²) < 4.78 is 0. The Morgan fingerprint density at radius 1 is 1.12 bits per heavy atom. The number of carbonyl (C=O) groups excluding carboxylic acids is 3. The molecule has 17 heavy (non-hydrogen) atoms. The van der Waals surface area contributed by atoms with E-state index in [2.05, 4.69) is 19.2 Å².